The van der Waals surface area contributed by atoms with E-state index in [0.29, 0.717) is 5.69 Å². The third kappa shape index (κ3) is 4.67. The van der Waals surface area contributed by atoms with Gasteiger partial charge in [-0.2, -0.15) is 5.10 Å². The van der Waals surface area contributed by atoms with Crippen LogP contribution < -0.4 is 10.6 Å². The maximum absolute atomic E-state index is 12.8. The van der Waals surface area contributed by atoms with E-state index in [2.05, 4.69) is 15.7 Å². The van der Waals surface area contributed by atoms with E-state index in [1.807, 2.05) is 60.7 Å². The molecule has 8 nitrogen and oxygen atoms in total. The minimum atomic E-state index is -1.16. The number of aromatic nitrogens is 2. The van der Waals surface area contributed by atoms with Gasteiger partial charge in [0.1, 0.15) is 11.3 Å². The van der Waals surface area contributed by atoms with Crippen LogP contribution in [0.5, 0.6) is 0 Å². The van der Waals surface area contributed by atoms with Crippen LogP contribution >= 0.6 is 0 Å². The molecule has 3 aromatic rings. The molecule has 29 heavy (non-hydrogen) atoms. The SMILES string of the molecule is CNC(=O)NC(=O)[C@@H](C)OC(=O)c1cn(-c2ccccc2)nc1-c1ccccc1. The van der Waals surface area contributed by atoms with Gasteiger partial charge in [-0.1, -0.05) is 48.5 Å². The fourth-order valence-electron chi connectivity index (χ4n) is 2.60. The highest BCUT2D eigenvalue weighted by Crippen LogP contribution is 2.24. The van der Waals surface area contributed by atoms with Crippen LogP contribution in [0.2, 0.25) is 0 Å². The Hall–Kier alpha value is -3.94. The molecular weight excluding hydrogens is 372 g/mol. The standard InChI is InChI=1S/C21H20N4O4/c1-14(19(26)23-21(28)22-2)29-20(27)17-13-25(16-11-7-4-8-12-16)24-18(17)15-9-5-3-6-10-15/h3-14H,1-2H3,(H2,22,23,26,28)/t14-/m1/s1. The maximum atomic E-state index is 12.8. The van der Waals surface area contributed by atoms with Crippen molar-refractivity contribution in [3.63, 3.8) is 0 Å². The molecule has 3 amide bonds. The number of carbonyl (C=O) groups is 3. The molecule has 0 spiro atoms. The molecule has 148 valence electrons. The van der Waals surface area contributed by atoms with Gasteiger partial charge in [0, 0.05) is 18.8 Å². The summed E-state index contributed by atoms with van der Waals surface area (Å²) in [5, 5.41) is 8.88. The zero-order chi connectivity index (χ0) is 20.8. The van der Waals surface area contributed by atoms with Crippen molar-refractivity contribution in [1.82, 2.24) is 20.4 Å². The zero-order valence-corrected chi connectivity index (χ0v) is 16.0. The third-order valence-corrected chi connectivity index (χ3v) is 4.12. The summed E-state index contributed by atoms with van der Waals surface area (Å²) in [6.45, 7) is 1.39. The number of nitrogens with zero attached hydrogens (tertiary/aromatic N) is 2. The Bertz CT molecular complexity index is 1020. The Labute approximate surface area is 167 Å². The summed E-state index contributed by atoms with van der Waals surface area (Å²) >= 11 is 0. The molecule has 0 unspecified atom stereocenters. The van der Waals surface area contributed by atoms with Gasteiger partial charge in [0.25, 0.3) is 5.91 Å². The quantitative estimate of drug-likeness (QED) is 0.650. The lowest BCUT2D eigenvalue weighted by atomic mass is 10.1. The average molecular weight is 392 g/mol. The molecule has 0 radical (unpaired) electrons. The van der Waals surface area contributed by atoms with E-state index in [1.165, 1.54) is 14.0 Å². The summed E-state index contributed by atoms with van der Waals surface area (Å²) in [6, 6.07) is 17.8. The number of rotatable bonds is 5. The molecular formula is C21H20N4O4. The van der Waals surface area contributed by atoms with E-state index in [9.17, 15) is 14.4 Å². The van der Waals surface area contributed by atoms with Crippen LogP contribution in [-0.4, -0.2) is 40.8 Å². The number of nitrogens with one attached hydrogen (secondary N) is 2. The first-order valence-corrected chi connectivity index (χ1v) is 8.93. The van der Waals surface area contributed by atoms with Gasteiger partial charge in [0.2, 0.25) is 0 Å². The molecule has 2 N–H and O–H groups in total. The summed E-state index contributed by atoms with van der Waals surface area (Å²) in [7, 11) is 1.38. The largest absolute Gasteiger partial charge is 0.449 e. The number of urea groups is 1. The van der Waals surface area contributed by atoms with E-state index >= 15 is 0 Å². The van der Waals surface area contributed by atoms with Crippen LogP contribution in [0.4, 0.5) is 4.79 Å². The maximum Gasteiger partial charge on any atom is 0.342 e. The van der Waals surface area contributed by atoms with Crippen molar-refractivity contribution in [2.24, 2.45) is 0 Å². The van der Waals surface area contributed by atoms with Gasteiger partial charge in [0.05, 0.1) is 5.69 Å². The van der Waals surface area contributed by atoms with Crippen LogP contribution in [0.3, 0.4) is 0 Å². The highest BCUT2D eigenvalue weighted by Gasteiger charge is 2.25. The first-order chi connectivity index (χ1) is 14.0. The minimum absolute atomic E-state index is 0.208. The van der Waals surface area contributed by atoms with E-state index in [-0.39, 0.29) is 5.56 Å². The minimum Gasteiger partial charge on any atom is -0.449 e. The molecule has 1 atom stereocenters. The molecule has 3 rings (SSSR count). The number of hydrogen-bond donors (Lipinski definition) is 2. The fraction of sp³-hybridized carbons (Fsp3) is 0.143. The van der Waals surface area contributed by atoms with Gasteiger partial charge in [-0.3, -0.25) is 10.1 Å². The number of benzene rings is 2. The van der Waals surface area contributed by atoms with Crippen molar-refractivity contribution in [2.75, 3.05) is 7.05 Å². The first-order valence-electron chi connectivity index (χ1n) is 8.93. The highest BCUT2D eigenvalue weighted by molar-refractivity contribution is 6.00. The lowest BCUT2D eigenvalue weighted by Crippen LogP contribution is -2.43. The Morgan fingerprint density at radius 3 is 2.24 bits per heavy atom. The van der Waals surface area contributed by atoms with Crippen molar-refractivity contribution in [1.29, 1.82) is 0 Å². The number of imide groups is 1. The summed E-state index contributed by atoms with van der Waals surface area (Å²) < 4.78 is 6.85. The van der Waals surface area contributed by atoms with Gasteiger partial charge in [-0.15, -0.1) is 0 Å². The van der Waals surface area contributed by atoms with Gasteiger partial charge in [0.15, 0.2) is 6.10 Å². The lowest BCUT2D eigenvalue weighted by molar-refractivity contribution is -0.127. The monoisotopic (exact) mass is 392 g/mol. The van der Waals surface area contributed by atoms with Gasteiger partial charge in [-0.05, 0) is 19.1 Å². The molecule has 2 aromatic carbocycles. The number of ether oxygens (including phenoxy) is 1. The second kappa shape index (κ2) is 8.83. The van der Waals surface area contributed by atoms with Crippen LogP contribution in [0.1, 0.15) is 17.3 Å². The molecule has 0 fully saturated rings. The Kier molecular flexibility index (Phi) is 6.03. The second-order valence-corrected chi connectivity index (χ2v) is 6.15. The summed E-state index contributed by atoms with van der Waals surface area (Å²) in [5.41, 5.74) is 2.14. The number of carbonyl (C=O) groups excluding carboxylic acids is 3. The Morgan fingerprint density at radius 2 is 1.62 bits per heavy atom. The molecule has 8 heteroatoms. The third-order valence-electron chi connectivity index (χ3n) is 4.12. The first kappa shape index (κ1) is 19.8. The fourth-order valence-corrected chi connectivity index (χ4v) is 2.60. The second-order valence-electron chi connectivity index (χ2n) is 6.15. The molecule has 0 aliphatic rings. The van der Waals surface area contributed by atoms with Crippen molar-refractivity contribution in [2.45, 2.75) is 13.0 Å². The van der Waals surface area contributed by atoms with E-state index in [4.69, 9.17) is 4.74 Å². The molecule has 0 aliphatic carbocycles. The van der Waals surface area contributed by atoms with Gasteiger partial charge < -0.3 is 10.1 Å². The predicted molar refractivity (Wildman–Crippen MR) is 106 cm³/mol. The number of para-hydroxylation sites is 1. The van der Waals surface area contributed by atoms with Crippen LogP contribution in [0.15, 0.2) is 66.9 Å². The zero-order valence-electron chi connectivity index (χ0n) is 16.0. The van der Waals surface area contributed by atoms with Crippen LogP contribution in [0.25, 0.3) is 16.9 Å². The predicted octanol–water partition coefficient (Wildman–Crippen LogP) is 2.54. The average Bonchev–Trinajstić information content (AvgIpc) is 3.20. The van der Waals surface area contributed by atoms with Gasteiger partial charge in [-0.25, -0.2) is 14.3 Å². The normalized spacial score (nSPS) is 11.4. The van der Waals surface area contributed by atoms with E-state index in [1.54, 1.807) is 10.9 Å². The van der Waals surface area contributed by atoms with Crippen molar-refractivity contribution in [3.05, 3.63) is 72.4 Å². The Morgan fingerprint density at radius 1 is 1.00 bits per heavy atom. The number of hydrogen-bond acceptors (Lipinski definition) is 5. The summed E-state index contributed by atoms with van der Waals surface area (Å²) in [6.07, 6.45) is 0.395. The van der Waals surface area contributed by atoms with Crippen LogP contribution in [-0.2, 0) is 9.53 Å². The molecule has 0 saturated heterocycles. The summed E-state index contributed by atoms with van der Waals surface area (Å²) in [5.74, 6) is -1.44. The van der Waals surface area contributed by atoms with Crippen molar-refractivity contribution in [3.8, 4) is 16.9 Å². The lowest BCUT2D eigenvalue weighted by Gasteiger charge is -2.12. The van der Waals surface area contributed by atoms with Crippen molar-refractivity contribution < 1.29 is 19.1 Å². The highest BCUT2D eigenvalue weighted by atomic mass is 16.5. The molecule has 1 aromatic heterocycles. The molecule has 0 aliphatic heterocycles. The molecule has 1 heterocycles. The van der Waals surface area contributed by atoms with Gasteiger partial charge >= 0.3 is 12.0 Å². The Balaban J connectivity index is 1.90. The van der Waals surface area contributed by atoms with Crippen molar-refractivity contribution >= 4 is 17.9 Å². The number of amides is 3. The molecule has 0 saturated carbocycles. The smallest absolute Gasteiger partial charge is 0.342 e. The van der Waals surface area contributed by atoms with E-state index in [0.717, 1.165) is 11.3 Å². The number of esters is 1. The van der Waals surface area contributed by atoms with Crippen LogP contribution in [0, 0.1) is 0 Å². The molecule has 0 bridgehead atoms. The topological polar surface area (TPSA) is 102 Å². The summed E-state index contributed by atoms with van der Waals surface area (Å²) in [4.78, 5) is 36.1. The van der Waals surface area contributed by atoms with E-state index < -0.39 is 24.0 Å².